The molecule has 0 fully saturated rings. The van der Waals surface area contributed by atoms with Gasteiger partial charge in [-0.3, -0.25) is 4.79 Å². The van der Waals surface area contributed by atoms with Crippen LogP contribution in [0.3, 0.4) is 0 Å². The van der Waals surface area contributed by atoms with Gasteiger partial charge in [0.25, 0.3) is 0 Å². The minimum atomic E-state index is -0.0322. The molecule has 4 nitrogen and oxygen atoms in total. The van der Waals surface area contributed by atoms with Gasteiger partial charge in [-0.1, -0.05) is 29.8 Å². The molecule has 1 amide bonds. The van der Waals surface area contributed by atoms with E-state index >= 15 is 0 Å². The highest BCUT2D eigenvalue weighted by Gasteiger charge is 2.08. The Balaban J connectivity index is 1.38. The molecule has 3 aromatic carbocycles. The number of fused-ring (bicyclic) bond motifs is 1. The molecular formula is C22H18N2O2S. The van der Waals surface area contributed by atoms with Crippen LogP contribution >= 0.6 is 11.8 Å². The van der Waals surface area contributed by atoms with E-state index in [0.29, 0.717) is 11.6 Å². The van der Waals surface area contributed by atoms with Crippen molar-refractivity contribution >= 4 is 34.5 Å². The molecule has 0 aliphatic rings. The van der Waals surface area contributed by atoms with E-state index in [9.17, 15) is 4.79 Å². The number of hydrogen-bond acceptors (Lipinski definition) is 4. The van der Waals surface area contributed by atoms with Gasteiger partial charge in [0.2, 0.25) is 11.8 Å². The van der Waals surface area contributed by atoms with Crippen LogP contribution in [0.25, 0.3) is 22.6 Å². The predicted molar refractivity (Wildman–Crippen MR) is 110 cm³/mol. The fourth-order valence-electron chi connectivity index (χ4n) is 2.67. The minimum Gasteiger partial charge on any atom is -0.436 e. The summed E-state index contributed by atoms with van der Waals surface area (Å²) in [5, 5.41) is 2.92. The molecule has 0 unspecified atom stereocenters. The summed E-state index contributed by atoms with van der Waals surface area (Å²) in [6.07, 6.45) is 0. The normalized spacial score (nSPS) is 10.9. The largest absolute Gasteiger partial charge is 0.436 e. The molecule has 1 N–H and O–H groups in total. The molecule has 0 saturated carbocycles. The first kappa shape index (κ1) is 17.4. The summed E-state index contributed by atoms with van der Waals surface area (Å²) < 4.78 is 5.77. The van der Waals surface area contributed by atoms with Crippen LogP contribution in [0.1, 0.15) is 5.56 Å². The first-order chi connectivity index (χ1) is 13.2. The third kappa shape index (κ3) is 4.20. The van der Waals surface area contributed by atoms with Gasteiger partial charge in [0.05, 0.1) is 5.75 Å². The number of anilines is 1. The molecule has 1 aromatic heterocycles. The molecule has 4 rings (SSSR count). The van der Waals surface area contributed by atoms with Crippen LogP contribution < -0.4 is 5.32 Å². The third-order valence-electron chi connectivity index (χ3n) is 4.10. The Bertz CT molecular complexity index is 1040. The molecule has 0 bridgehead atoms. The minimum absolute atomic E-state index is 0.0322. The molecule has 0 aliphatic carbocycles. The summed E-state index contributed by atoms with van der Waals surface area (Å²) in [5.41, 5.74) is 4.43. The molecule has 0 radical (unpaired) electrons. The Morgan fingerprint density at radius 2 is 1.74 bits per heavy atom. The van der Waals surface area contributed by atoms with Gasteiger partial charge in [-0.05, 0) is 55.5 Å². The highest BCUT2D eigenvalue weighted by atomic mass is 32.2. The highest BCUT2D eigenvalue weighted by Crippen LogP contribution is 2.25. The maximum Gasteiger partial charge on any atom is 0.234 e. The van der Waals surface area contributed by atoms with E-state index in [1.807, 2.05) is 79.7 Å². The van der Waals surface area contributed by atoms with Crippen LogP contribution in [0, 0.1) is 6.92 Å². The van der Waals surface area contributed by atoms with Gasteiger partial charge in [0, 0.05) is 16.1 Å². The van der Waals surface area contributed by atoms with E-state index in [4.69, 9.17) is 4.42 Å². The van der Waals surface area contributed by atoms with Crippen LogP contribution in [-0.4, -0.2) is 16.6 Å². The SMILES string of the molecule is Cc1ccc(SCC(=O)Nc2ccc(-c3nc4ccccc4o3)cc2)cc1. The number of benzene rings is 3. The van der Waals surface area contributed by atoms with Crippen molar-refractivity contribution in [2.24, 2.45) is 0 Å². The lowest BCUT2D eigenvalue weighted by atomic mass is 10.2. The average molecular weight is 374 g/mol. The topological polar surface area (TPSA) is 55.1 Å². The quantitative estimate of drug-likeness (QED) is 0.466. The van der Waals surface area contributed by atoms with Crippen molar-refractivity contribution in [3.05, 3.63) is 78.4 Å². The summed E-state index contributed by atoms with van der Waals surface area (Å²) in [6, 6.07) is 23.3. The van der Waals surface area contributed by atoms with Gasteiger partial charge in [0.1, 0.15) is 5.52 Å². The van der Waals surface area contributed by atoms with Crippen molar-refractivity contribution in [1.82, 2.24) is 4.98 Å². The predicted octanol–water partition coefficient (Wildman–Crippen LogP) is 5.53. The van der Waals surface area contributed by atoms with Crippen molar-refractivity contribution in [3.8, 4) is 11.5 Å². The van der Waals surface area contributed by atoms with Crippen molar-refractivity contribution in [2.75, 3.05) is 11.1 Å². The molecule has 0 saturated heterocycles. The molecule has 1 heterocycles. The lowest BCUT2D eigenvalue weighted by molar-refractivity contribution is -0.113. The standard InChI is InChI=1S/C22H18N2O2S/c1-15-6-12-18(13-7-15)27-14-21(25)23-17-10-8-16(9-11-17)22-24-19-4-2-3-5-20(19)26-22/h2-13H,14H2,1H3,(H,23,25). The van der Waals surface area contributed by atoms with Crippen LogP contribution in [0.5, 0.6) is 0 Å². The number of carbonyl (C=O) groups excluding carboxylic acids is 1. The van der Waals surface area contributed by atoms with Gasteiger partial charge in [0.15, 0.2) is 5.58 Å². The number of hydrogen-bond donors (Lipinski definition) is 1. The fraction of sp³-hybridized carbons (Fsp3) is 0.0909. The van der Waals surface area contributed by atoms with E-state index in [-0.39, 0.29) is 5.91 Å². The Kier molecular flexibility index (Phi) is 4.94. The zero-order valence-corrected chi connectivity index (χ0v) is 15.6. The molecule has 27 heavy (non-hydrogen) atoms. The van der Waals surface area contributed by atoms with Crippen molar-refractivity contribution in [1.29, 1.82) is 0 Å². The smallest absolute Gasteiger partial charge is 0.234 e. The lowest BCUT2D eigenvalue weighted by Gasteiger charge is -2.06. The number of carbonyl (C=O) groups is 1. The Morgan fingerprint density at radius 3 is 2.48 bits per heavy atom. The summed E-state index contributed by atoms with van der Waals surface area (Å²) in [6.45, 7) is 2.05. The van der Waals surface area contributed by atoms with E-state index in [1.165, 1.54) is 17.3 Å². The van der Waals surface area contributed by atoms with Gasteiger partial charge in [-0.15, -0.1) is 11.8 Å². The molecule has 4 aromatic rings. The van der Waals surface area contributed by atoms with E-state index in [1.54, 1.807) is 0 Å². The number of aryl methyl sites for hydroxylation is 1. The van der Waals surface area contributed by atoms with Crippen LogP contribution in [0.2, 0.25) is 0 Å². The lowest BCUT2D eigenvalue weighted by Crippen LogP contribution is -2.13. The molecule has 0 aliphatic heterocycles. The third-order valence-corrected chi connectivity index (χ3v) is 5.11. The number of amides is 1. The van der Waals surface area contributed by atoms with Crippen molar-refractivity contribution in [3.63, 3.8) is 0 Å². The zero-order chi connectivity index (χ0) is 18.6. The molecule has 0 spiro atoms. The maximum absolute atomic E-state index is 12.2. The Hall–Kier alpha value is -3.05. The van der Waals surface area contributed by atoms with E-state index in [2.05, 4.69) is 10.3 Å². The number of oxazole rings is 1. The van der Waals surface area contributed by atoms with E-state index in [0.717, 1.165) is 27.2 Å². The second kappa shape index (κ2) is 7.68. The number of para-hydroxylation sites is 2. The number of thioether (sulfide) groups is 1. The second-order valence-electron chi connectivity index (χ2n) is 6.21. The number of nitrogens with zero attached hydrogens (tertiary/aromatic N) is 1. The number of aromatic nitrogens is 1. The van der Waals surface area contributed by atoms with Crippen molar-refractivity contribution < 1.29 is 9.21 Å². The highest BCUT2D eigenvalue weighted by molar-refractivity contribution is 8.00. The maximum atomic E-state index is 12.2. The van der Waals surface area contributed by atoms with E-state index < -0.39 is 0 Å². The number of rotatable bonds is 5. The summed E-state index contributed by atoms with van der Waals surface area (Å²) >= 11 is 1.52. The molecule has 5 heteroatoms. The summed E-state index contributed by atoms with van der Waals surface area (Å²) in [7, 11) is 0. The number of nitrogens with one attached hydrogen (secondary N) is 1. The Morgan fingerprint density at radius 1 is 1.00 bits per heavy atom. The zero-order valence-electron chi connectivity index (χ0n) is 14.8. The second-order valence-corrected chi connectivity index (χ2v) is 7.26. The monoisotopic (exact) mass is 374 g/mol. The van der Waals surface area contributed by atoms with Crippen molar-refractivity contribution in [2.45, 2.75) is 11.8 Å². The average Bonchev–Trinajstić information content (AvgIpc) is 3.12. The summed E-state index contributed by atoms with van der Waals surface area (Å²) in [4.78, 5) is 17.7. The van der Waals surface area contributed by atoms with Crippen LogP contribution in [-0.2, 0) is 4.79 Å². The summed E-state index contributed by atoms with van der Waals surface area (Å²) in [5.74, 6) is 0.912. The van der Waals surface area contributed by atoms with Crippen LogP contribution in [0.15, 0.2) is 82.1 Å². The molecule has 134 valence electrons. The van der Waals surface area contributed by atoms with Gasteiger partial charge >= 0.3 is 0 Å². The first-order valence-corrected chi connectivity index (χ1v) is 9.61. The Labute approximate surface area is 161 Å². The van der Waals surface area contributed by atoms with Gasteiger partial charge in [-0.2, -0.15) is 0 Å². The van der Waals surface area contributed by atoms with Gasteiger partial charge in [-0.25, -0.2) is 4.98 Å². The fourth-order valence-corrected chi connectivity index (χ4v) is 3.37. The molecule has 0 atom stereocenters. The molecular weight excluding hydrogens is 356 g/mol. The first-order valence-electron chi connectivity index (χ1n) is 8.63. The van der Waals surface area contributed by atoms with Gasteiger partial charge < -0.3 is 9.73 Å². The van der Waals surface area contributed by atoms with Crippen LogP contribution in [0.4, 0.5) is 5.69 Å².